The Kier molecular flexibility index (Phi) is 4.39. The summed E-state index contributed by atoms with van der Waals surface area (Å²) in [7, 11) is 0. The molecule has 0 aliphatic carbocycles. The van der Waals surface area contributed by atoms with Gasteiger partial charge in [0.15, 0.2) is 0 Å². The highest BCUT2D eigenvalue weighted by Gasteiger charge is 2.04. The normalized spacial score (nSPS) is 9.67. The zero-order chi connectivity index (χ0) is 8.97. The van der Waals surface area contributed by atoms with Gasteiger partial charge in [0.25, 0.3) is 0 Å². The fourth-order valence-electron chi connectivity index (χ4n) is 0.983. The van der Waals surface area contributed by atoms with E-state index in [0.717, 1.165) is 5.75 Å². The molecule has 0 saturated heterocycles. The molecule has 3 heteroatoms. The average molecular weight is 239 g/mol. The van der Waals surface area contributed by atoms with Crippen LogP contribution in [0.25, 0.3) is 0 Å². The summed E-state index contributed by atoms with van der Waals surface area (Å²) in [6.07, 6.45) is 0.263. The van der Waals surface area contributed by atoms with E-state index in [2.05, 4.69) is 25.0 Å². The van der Waals surface area contributed by atoms with Gasteiger partial charge in [0.1, 0.15) is 0 Å². The summed E-state index contributed by atoms with van der Waals surface area (Å²) < 4.78 is 6.98. The predicted octanol–water partition coefficient (Wildman–Crippen LogP) is 2.11. The van der Waals surface area contributed by atoms with Crippen LogP contribution < -0.4 is 8.43 Å². The van der Waals surface area contributed by atoms with Gasteiger partial charge in [-0.3, -0.25) is 12.9 Å². The number of rotatable bonds is 3. The Morgan fingerprint density at radius 2 is 2.00 bits per heavy atom. The third kappa shape index (κ3) is 2.96. The van der Waals surface area contributed by atoms with Gasteiger partial charge in [-0.1, -0.05) is 18.2 Å². The third-order valence-electron chi connectivity index (χ3n) is 1.48. The van der Waals surface area contributed by atoms with Crippen molar-refractivity contribution >= 4 is 34.8 Å². The zero-order valence-corrected chi connectivity index (χ0v) is 10.4. The summed E-state index contributed by atoms with van der Waals surface area (Å²) in [4.78, 5) is 0. The number of hydrogen-bond donors (Lipinski definition) is 0. The molecule has 0 spiro atoms. The molecule has 1 aromatic carbocycles. The summed E-state index contributed by atoms with van der Waals surface area (Å²) >= 11 is 3.26. The lowest BCUT2D eigenvalue weighted by molar-refractivity contribution is 0.244. The Labute approximate surface area is 89.1 Å². The van der Waals surface area contributed by atoms with E-state index in [-0.39, 0.29) is 24.3 Å². The molecule has 1 rings (SSSR count). The molecular formula is C9H11BrMgO. The Morgan fingerprint density at radius 1 is 1.33 bits per heavy atom. The van der Waals surface area contributed by atoms with Crippen molar-refractivity contribution in [1.29, 1.82) is 0 Å². The fourth-order valence-corrected chi connectivity index (χ4v) is 2.93. The number of benzene rings is 1. The second-order valence-electron chi connectivity index (χ2n) is 2.91. The van der Waals surface area contributed by atoms with Crippen molar-refractivity contribution in [3.05, 3.63) is 24.3 Å². The lowest BCUT2D eigenvalue weighted by atomic mass is 10.3. The molecule has 0 radical (unpaired) electrons. The van der Waals surface area contributed by atoms with E-state index in [1.165, 1.54) is 3.69 Å². The van der Waals surface area contributed by atoms with Gasteiger partial charge in [0.2, 0.25) is 0 Å². The highest BCUT2D eigenvalue weighted by molar-refractivity contribution is 9.23. The predicted molar refractivity (Wildman–Crippen MR) is 56.5 cm³/mol. The summed E-state index contributed by atoms with van der Waals surface area (Å²) in [5, 5.41) is 0. The van der Waals surface area contributed by atoms with Crippen LogP contribution >= 0.6 is 12.9 Å². The van der Waals surface area contributed by atoms with E-state index >= 15 is 0 Å². The Hall–Kier alpha value is 0.266. The molecule has 1 aromatic rings. The maximum atomic E-state index is 5.64. The van der Waals surface area contributed by atoms with E-state index in [1.54, 1.807) is 0 Å². The van der Waals surface area contributed by atoms with Crippen LogP contribution in [-0.2, 0) is 0 Å². The van der Waals surface area contributed by atoms with Crippen LogP contribution in [0, 0.1) is 0 Å². The molecule has 0 atom stereocenters. The molecule has 0 N–H and O–H groups in total. The molecular weight excluding hydrogens is 228 g/mol. The lowest BCUT2D eigenvalue weighted by Gasteiger charge is -2.12. The van der Waals surface area contributed by atoms with Crippen LogP contribution in [-0.4, -0.2) is 24.3 Å². The minimum Gasteiger partial charge on any atom is -0.493 e. The molecule has 0 aliphatic rings. The minimum absolute atomic E-state index is 0.263. The maximum absolute atomic E-state index is 5.64. The molecule has 0 aromatic heterocycles. The molecule has 0 unspecified atom stereocenters. The second-order valence-corrected chi connectivity index (χ2v) is 5.62. The van der Waals surface area contributed by atoms with E-state index in [0.29, 0.717) is 0 Å². The molecule has 0 amide bonds. The van der Waals surface area contributed by atoms with Gasteiger partial charge >= 0.3 is 18.2 Å². The molecule has 0 fully saturated rings. The second kappa shape index (κ2) is 5.09. The van der Waals surface area contributed by atoms with Gasteiger partial charge < -0.3 is 4.74 Å². The Morgan fingerprint density at radius 3 is 2.58 bits per heavy atom. The lowest BCUT2D eigenvalue weighted by Crippen LogP contribution is -2.16. The molecule has 62 valence electrons. The largest absolute Gasteiger partial charge is 0.512 e. The number of ether oxygens (including phenoxy) is 1. The SMILES string of the molecule is CC(C)Oc1cccc[c]1[Mg][Br]. The van der Waals surface area contributed by atoms with Crippen LogP contribution in [0.15, 0.2) is 24.3 Å². The minimum atomic E-state index is -0.293. The number of hydrogen-bond acceptors (Lipinski definition) is 1. The molecule has 0 aliphatic heterocycles. The van der Waals surface area contributed by atoms with Crippen molar-refractivity contribution in [1.82, 2.24) is 0 Å². The van der Waals surface area contributed by atoms with Crippen LogP contribution in [0.2, 0.25) is 0 Å². The summed E-state index contributed by atoms with van der Waals surface area (Å²) in [6.45, 7) is 4.10. The summed E-state index contributed by atoms with van der Waals surface area (Å²) in [5.41, 5.74) is 0. The number of halogens is 1. The van der Waals surface area contributed by atoms with Gasteiger partial charge in [-0.2, -0.15) is 0 Å². The first-order valence-electron chi connectivity index (χ1n) is 4.04. The van der Waals surface area contributed by atoms with Crippen molar-refractivity contribution in [3.8, 4) is 5.75 Å². The maximum Gasteiger partial charge on any atom is 0.512 e. The average Bonchev–Trinajstić information content (AvgIpc) is 2.04. The molecule has 0 bridgehead atoms. The van der Waals surface area contributed by atoms with E-state index in [4.69, 9.17) is 4.74 Å². The zero-order valence-electron chi connectivity index (χ0n) is 7.38. The Balaban J connectivity index is 2.82. The molecule has 0 heterocycles. The Bertz CT molecular complexity index is 250. The van der Waals surface area contributed by atoms with Crippen molar-refractivity contribution in [2.45, 2.75) is 20.0 Å². The first-order valence-corrected chi connectivity index (χ1v) is 8.65. The topological polar surface area (TPSA) is 9.23 Å². The van der Waals surface area contributed by atoms with Crippen LogP contribution in [0.3, 0.4) is 0 Å². The van der Waals surface area contributed by atoms with Crippen molar-refractivity contribution in [2.75, 3.05) is 0 Å². The summed E-state index contributed by atoms with van der Waals surface area (Å²) in [6, 6.07) is 8.22. The summed E-state index contributed by atoms with van der Waals surface area (Å²) in [5.74, 6) is 1.04. The van der Waals surface area contributed by atoms with Gasteiger partial charge in [0.05, 0.1) is 11.9 Å². The van der Waals surface area contributed by atoms with Crippen LogP contribution in [0.5, 0.6) is 5.75 Å². The van der Waals surface area contributed by atoms with Gasteiger partial charge in [0, 0.05) is 0 Å². The fraction of sp³-hybridized carbons (Fsp3) is 0.333. The van der Waals surface area contributed by atoms with Gasteiger partial charge in [-0.05, 0) is 19.9 Å². The molecule has 1 nitrogen and oxygen atoms in total. The third-order valence-corrected chi connectivity index (χ3v) is 4.16. The van der Waals surface area contributed by atoms with Crippen molar-refractivity contribution in [2.24, 2.45) is 0 Å². The first-order chi connectivity index (χ1) is 5.74. The van der Waals surface area contributed by atoms with Crippen molar-refractivity contribution < 1.29 is 4.74 Å². The first kappa shape index (κ1) is 10.3. The smallest absolute Gasteiger partial charge is 0.493 e. The van der Waals surface area contributed by atoms with Crippen LogP contribution in [0.1, 0.15) is 13.8 Å². The highest BCUT2D eigenvalue weighted by Crippen LogP contribution is 2.08. The van der Waals surface area contributed by atoms with E-state index < -0.39 is 0 Å². The number of para-hydroxylation sites is 1. The standard InChI is InChI=1S/C9H11O.BrH.Mg/c1-8(2)10-9-6-4-3-5-7-9;;/h3-6,8H,1-2H3;1H;/q;;+1/p-1. The van der Waals surface area contributed by atoms with Gasteiger partial charge in [-0.25, -0.2) is 0 Å². The monoisotopic (exact) mass is 238 g/mol. The van der Waals surface area contributed by atoms with E-state index in [9.17, 15) is 0 Å². The van der Waals surface area contributed by atoms with Crippen molar-refractivity contribution in [3.63, 3.8) is 0 Å². The van der Waals surface area contributed by atoms with Crippen LogP contribution in [0.4, 0.5) is 0 Å². The molecule has 12 heavy (non-hydrogen) atoms. The van der Waals surface area contributed by atoms with E-state index in [1.807, 2.05) is 26.0 Å². The highest BCUT2D eigenvalue weighted by atomic mass is 79.9. The quantitative estimate of drug-likeness (QED) is 0.734. The van der Waals surface area contributed by atoms with Gasteiger partial charge in [-0.15, -0.1) is 3.69 Å². The molecule has 0 saturated carbocycles.